The third-order valence-corrected chi connectivity index (χ3v) is 9.50. The van der Waals surface area contributed by atoms with Crippen LogP contribution in [0.2, 0.25) is 0 Å². The topological polar surface area (TPSA) is 21.7 Å². The number of nitrogens with zero attached hydrogens (tertiary/aromatic N) is 1. The number of hydrogen-bond acceptors (Lipinski definition) is 3. The van der Waals surface area contributed by atoms with Crippen molar-refractivity contribution >= 4 is 0 Å². The highest BCUT2D eigenvalue weighted by molar-refractivity contribution is 5.16. The molecule has 0 spiro atoms. The van der Waals surface area contributed by atoms with Crippen LogP contribution in [0.1, 0.15) is 84.0 Å². The van der Waals surface area contributed by atoms with Crippen molar-refractivity contribution in [1.29, 1.82) is 0 Å². The van der Waals surface area contributed by atoms with Gasteiger partial charge in [0.15, 0.2) is 0 Å². The number of rotatable bonds is 3. The van der Waals surface area contributed by atoms with E-state index in [9.17, 15) is 0 Å². The fraction of sp³-hybridized carbons (Fsp3) is 0.923. The minimum atomic E-state index is -0.0617. The molecule has 2 aliphatic heterocycles. The smallest absolute Gasteiger partial charge is 0.0866 e. The van der Waals surface area contributed by atoms with E-state index in [1.807, 2.05) is 7.11 Å². The van der Waals surface area contributed by atoms with Gasteiger partial charge in [0, 0.05) is 19.1 Å². The van der Waals surface area contributed by atoms with Gasteiger partial charge in [-0.1, -0.05) is 31.4 Å². The standard InChI is InChI=1S/C26H43NO2/c1-26(19-10-12-20(28-2)13-11-19)15-14-23-21-8-4-5-9-22(21)24(18-25(23)29-26)27-16-6-3-7-17-27/h14-15,19-25H,3-13,16-18H2,1-2H3. The second-order valence-corrected chi connectivity index (χ2v) is 11.0. The molecule has 5 aliphatic rings. The molecule has 0 aromatic rings. The molecule has 2 heterocycles. The zero-order chi connectivity index (χ0) is 19.8. The lowest BCUT2D eigenvalue weighted by Gasteiger charge is -2.56. The number of methoxy groups -OCH3 is 1. The van der Waals surface area contributed by atoms with E-state index >= 15 is 0 Å². The van der Waals surface area contributed by atoms with Crippen LogP contribution in [-0.2, 0) is 9.47 Å². The Morgan fingerprint density at radius 2 is 1.62 bits per heavy atom. The van der Waals surface area contributed by atoms with Gasteiger partial charge in [-0.2, -0.15) is 0 Å². The largest absolute Gasteiger partial charge is 0.381 e. The van der Waals surface area contributed by atoms with Crippen molar-refractivity contribution in [2.75, 3.05) is 20.2 Å². The number of likely N-dealkylation sites (tertiary alicyclic amines) is 1. The highest BCUT2D eigenvalue weighted by atomic mass is 16.5. The first kappa shape index (κ1) is 20.5. The number of fused-ring (bicyclic) bond motifs is 3. The van der Waals surface area contributed by atoms with E-state index in [2.05, 4.69) is 24.0 Å². The number of hydrogen-bond donors (Lipinski definition) is 0. The van der Waals surface area contributed by atoms with Crippen LogP contribution in [0.3, 0.4) is 0 Å². The Bertz CT molecular complexity index is 577. The summed E-state index contributed by atoms with van der Waals surface area (Å²) in [6.07, 6.45) is 22.2. The van der Waals surface area contributed by atoms with Gasteiger partial charge in [-0.15, -0.1) is 0 Å². The summed E-state index contributed by atoms with van der Waals surface area (Å²) in [7, 11) is 1.87. The average Bonchev–Trinajstić information content (AvgIpc) is 2.79. The Kier molecular flexibility index (Phi) is 6.11. The summed E-state index contributed by atoms with van der Waals surface area (Å²) in [6, 6.07) is 0.779. The van der Waals surface area contributed by atoms with Gasteiger partial charge in [0.05, 0.1) is 17.8 Å². The van der Waals surface area contributed by atoms with E-state index in [4.69, 9.17) is 9.47 Å². The van der Waals surface area contributed by atoms with Crippen LogP contribution in [0, 0.1) is 23.7 Å². The average molecular weight is 402 g/mol. The molecule has 6 atom stereocenters. The monoisotopic (exact) mass is 401 g/mol. The number of ether oxygens (including phenoxy) is 2. The molecule has 5 rings (SSSR count). The lowest BCUT2D eigenvalue weighted by Crippen LogP contribution is -2.58. The van der Waals surface area contributed by atoms with E-state index in [0.717, 1.165) is 17.9 Å². The molecule has 29 heavy (non-hydrogen) atoms. The molecule has 3 saturated carbocycles. The minimum absolute atomic E-state index is 0.0617. The predicted molar refractivity (Wildman–Crippen MR) is 118 cm³/mol. The van der Waals surface area contributed by atoms with Crippen molar-refractivity contribution in [3.05, 3.63) is 12.2 Å². The van der Waals surface area contributed by atoms with Gasteiger partial charge in [0.2, 0.25) is 0 Å². The third kappa shape index (κ3) is 3.96. The number of piperidine rings is 1. The highest BCUT2D eigenvalue weighted by Crippen LogP contribution is 2.51. The molecule has 0 amide bonds. The summed E-state index contributed by atoms with van der Waals surface area (Å²) in [6.45, 7) is 5.05. The van der Waals surface area contributed by atoms with Crippen molar-refractivity contribution < 1.29 is 9.47 Å². The van der Waals surface area contributed by atoms with E-state index in [1.54, 1.807) is 0 Å². The van der Waals surface area contributed by atoms with E-state index < -0.39 is 0 Å². The quantitative estimate of drug-likeness (QED) is 0.576. The molecule has 3 aliphatic carbocycles. The van der Waals surface area contributed by atoms with E-state index in [-0.39, 0.29) is 5.60 Å². The van der Waals surface area contributed by atoms with E-state index in [1.165, 1.54) is 90.1 Å². The van der Waals surface area contributed by atoms with Gasteiger partial charge in [0.25, 0.3) is 0 Å². The normalized spacial score (nSPS) is 48.7. The summed E-state index contributed by atoms with van der Waals surface area (Å²) < 4.78 is 12.7. The maximum absolute atomic E-state index is 7.10. The Morgan fingerprint density at radius 1 is 0.897 bits per heavy atom. The first-order valence-corrected chi connectivity index (χ1v) is 12.8. The second kappa shape index (κ2) is 8.63. The molecule has 0 aromatic heterocycles. The lowest BCUT2D eigenvalue weighted by atomic mass is 9.60. The first-order chi connectivity index (χ1) is 14.2. The molecule has 4 fully saturated rings. The van der Waals surface area contributed by atoms with Crippen LogP contribution < -0.4 is 0 Å². The zero-order valence-electron chi connectivity index (χ0n) is 18.9. The first-order valence-electron chi connectivity index (χ1n) is 12.8. The Labute approximate surface area is 178 Å². The van der Waals surface area contributed by atoms with Gasteiger partial charge >= 0.3 is 0 Å². The van der Waals surface area contributed by atoms with Crippen molar-refractivity contribution in [2.24, 2.45) is 23.7 Å². The van der Waals surface area contributed by atoms with Gasteiger partial charge in [-0.05, 0) is 95.6 Å². The molecule has 3 nitrogen and oxygen atoms in total. The molecular formula is C26H43NO2. The molecular weight excluding hydrogens is 358 g/mol. The lowest BCUT2D eigenvalue weighted by molar-refractivity contribution is -0.165. The molecule has 164 valence electrons. The van der Waals surface area contributed by atoms with Crippen molar-refractivity contribution in [3.63, 3.8) is 0 Å². The van der Waals surface area contributed by atoms with Crippen LogP contribution >= 0.6 is 0 Å². The van der Waals surface area contributed by atoms with E-state index in [0.29, 0.717) is 24.0 Å². The van der Waals surface area contributed by atoms with Gasteiger partial charge in [-0.3, -0.25) is 0 Å². The molecule has 0 radical (unpaired) electrons. The fourth-order valence-electron chi connectivity index (χ4n) is 7.82. The maximum Gasteiger partial charge on any atom is 0.0866 e. The fourth-order valence-corrected chi connectivity index (χ4v) is 7.82. The molecule has 0 N–H and O–H groups in total. The Morgan fingerprint density at radius 3 is 2.34 bits per heavy atom. The van der Waals surface area contributed by atoms with Crippen LogP contribution in [-0.4, -0.2) is 49.0 Å². The Balaban J connectivity index is 1.34. The van der Waals surface area contributed by atoms with Crippen LogP contribution in [0.4, 0.5) is 0 Å². The highest BCUT2D eigenvalue weighted by Gasteiger charge is 2.51. The Hall–Kier alpha value is -0.380. The molecule has 3 heteroatoms. The van der Waals surface area contributed by atoms with Gasteiger partial charge in [0.1, 0.15) is 0 Å². The SMILES string of the molecule is COC1CCC(C2(C)C=CC3C(CC(N4CCCCC4)C4CCCCC34)O2)CC1. The van der Waals surface area contributed by atoms with Crippen molar-refractivity contribution in [3.8, 4) is 0 Å². The van der Waals surface area contributed by atoms with Crippen molar-refractivity contribution in [2.45, 2.75) is 108 Å². The zero-order valence-corrected chi connectivity index (χ0v) is 18.9. The minimum Gasteiger partial charge on any atom is -0.381 e. The summed E-state index contributed by atoms with van der Waals surface area (Å²) in [5.74, 6) is 3.10. The summed E-state index contributed by atoms with van der Waals surface area (Å²) in [5, 5.41) is 0. The van der Waals surface area contributed by atoms with Crippen LogP contribution in [0.15, 0.2) is 12.2 Å². The summed E-state index contributed by atoms with van der Waals surface area (Å²) in [5.41, 5.74) is -0.0617. The molecule has 0 bridgehead atoms. The molecule has 1 saturated heterocycles. The molecule has 0 aromatic carbocycles. The van der Waals surface area contributed by atoms with Crippen molar-refractivity contribution in [1.82, 2.24) is 4.90 Å². The second-order valence-electron chi connectivity index (χ2n) is 11.0. The molecule has 6 unspecified atom stereocenters. The van der Waals surface area contributed by atoms with Gasteiger partial charge < -0.3 is 14.4 Å². The third-order valence-electron chi connectivity index (χ3n) is 9.50. The summed E-state index contributed by atoms with van der Waals surface area (Å²) in [4.78, 5) is 2.88. The van der Waals surface area contributed by atoms with Gasteiger partial charge in [-0.25, -0.2) is 0 Å². The summed E-state index contributed by atoms with van der Waals surface area (Å²) >= 11 is 0. The predicted octanol–water partition coefficient (Wildman–Crippen LogP) is 5.59. The van der Waals surface area contributed by atoms with Crippen LogP contribution in [0.25, 0.3) is 0 Å². The maximum atomic E-state index is 7.10. The van der Waals surface area contributed by atoms with Crippen LogP contribution in [0.5, 0.6) is 0 Å².